The zero-order chi connectivity index (χ0) is 27.3. The second kappa shape index (κ2) is 9.39. The quantitative estimate of drug-likeness (QED) is 0.363. The Bertz CT molecular complexity index is 1550. The summed E-state index contributed by atoms with van der Waals surface area (Å²) in [5, 5.41) is 10.1. The van der Waals surface area contributed by atoms with Crippen LogP contribution in [0.25, 0.3) is 16.8 Å². The first-order chi connectivity index (χ1) is 18.0. The molecule has 13 heteroatoms. The smallest absolute Gasteiger partial charge is 0.256 e. The van der Waals surface area contributed by atoms with Gasteiger partial charge in [-0.05, 0) is 37.6 Å². The Morgan fingerprint density at radius 3 is 2.53 bits per heavy atom. The molecule has 10 nitrogen and oxygen atoms in total. The minimum atomic E-state index is -0.811. The minimum Gasteiger partial charge on any atom is -0.473 e. The summed E-state index contributed by atoms with van der Waals surface area (Å²) in [6.45, 7) is 3.57. The summed E-state index contributed by atoms with van der Waals surface area (Å²) in [6.07, 6.45) is 1.82. The fraction of sp³-hybridized carbons (Fsp3) is 0.280. The lowest BCUT2D eigenvalue weighted by Gasteiger charge is -2.22. The van der Waals surface area contributed by atoms with Gasteiger partial charge in [-0.1, -0.05) is 0 Å². The second-order valence-corrected chi connectivity index (χ2v) is 9.25. The van der Waals surface area contributed by atoms with Gasteiger partial charge in [0.05, 0.1) is 30.5 Å². The number of ether oxygens (including phenoxy) is 1. The van der Waals surface area contributed by atoms with E-state index in [1.807, 2.05) is 0 Å². The number of halogens is 3. The minimum absolute atomic E-state index is 0.0165. The van der Waals surface area contributed by atoms with Gasteiger partial charge >= 0.3 is 0 Å². The van der Waals surface area contributed by atoms with Crippen molar-refractivity contribution in [3.05, 3.63) is 59.2 Å². The van der Waals surface area contributed by atoms with Gasteiger partial charge in [-0.2, -0.15) is 9.61 Å². The molecule has 38 heavy (non-hydrogen) atoms. The zero-order valence-corrected chi connectivity index (χ0v) is 21.0. The highest BCUT2D eigenvalue weighted by Gasteiger charge is 2.26. The Morgan fingerprint density at radius 1 is 1.13 bits per heavy atom. The lowest BCUT2D eigenvalue weighted by molar-refractivity contribution is 0.0932. The van der Waals surface area contributed by atoms with E-state index in [9.17, 15) is 18.0 Å². The predicted molar refractivity (Wildman–Crippen MR) is 136 cm³/mol. The molecule has 0 saturated carbocycles. The number of nitrogens with two attached hydrogens (primary N) is 1. The molecule has 2 atom stereocenters. The average molecular weight is 527 g/mol. The number of pyridine rings is 1. The van der Waals surface area contributed by atoms with Gasteiger partial charge in [-0.3, -0.25) is 4.79 Å². The largest absolute Gasteiger partial charge is 0.473 e. The van der Waals surface area contributed by atoms with Crippen molar-refractivity contribution in [2.45, 2.75) is 26.0 Å². The highest BCUT2D eigenvalue weighted by Crippen LogP contribution is 2.39. The number of aromatic nitrogens is 4. The van der Waals surface area contributed by atoms with Gasteiger partial charge in [0.2, 0.25) is 5.88 Å². The molecule has 4 aromatic rings. The van der Waals surface area contributed by atoms with Gasteiger partial charge in [0.1, 0.15) is 46.4 Å². The van der Waals surface area contributed by atoms with Crippen LogP contribution in [0.5, 0.6) is 5.88 Å². The number of nitrogens with one attached hydrogen (secondary N) is 2. The van der Waals surface area contributed by atoms with E-state index in [4.69, 9.17) is 10.5 Å². The standard InChI is InChI=1S/C25H25F3N8O2/c1-11-8-30-24(37)16-10-32-36-21(29)19(13-5-17(27)20(35(3)4)18(28)6-13)22(34-23(16)36)33-12(2)15-7-14(26)9-31-25(15)38-11/h5-7,9-12H,8,29H2,1-4H3,(H,30,37)(H,33,34). The number of fused-ring (bicyclic) bond motifs is 2. The molecule has 1 aliphatic heterocycles. The third-order valence-electron chi connectivity index (χ3n) is 6.21. The lowest BCUT2D eigenvalue weighted by atomic mass is 10.0. The second-order valence-electron chi connectivity index (χ2n) is 9.25. The monoisotopic (exact) mass is 526 g/mol. The van der Waals surface area contributed by atoms with E-state index < -0.39 is 35.5 Å². The van der Waals surface area contributed by atoms with Crippen molar-refractivity contribution in [2.24, 2.45) is 0 Å². The van der Waals surface area contributed by atoms with Crippen LogP contribution in [-0.4, -0.2) is 52.2 Å². The first kappa shape index (κ1) is 25.1. The summed E-state index contributed by atoms with van der Waals surface area (Å²) in [5.41, 5.74) is 7.09. The van der Waals surface area contributed by atoms with Crippen LogP contribution >= 0.6 is 0 Å². The molecule has 2 bridgehead atoms. The normalized spacial score (nSPS) is 17.5. The summed E-state index contributed by atoms with van der Waals surface area (Å²) in [7, 11) is 3.04. The molecule has 0 aliphatic carbocycles. The summed E-state index contributed by atoms with van der Waals surface area (Å²) < 4.78 is 51.3. The van der Waals surface area contributed by atoms with Gasteiger partial charge < -0.3 is 26.0 Å². The van der Waals surface area contributed by atoms with Crippen molar-refractivity contribution in [2.75, 3.05) is 36.6 Å². The van der Waals surface area contributed by atoms with E-state index in [1.54, 1.807) is 13.8 Å². The van der Waals surface area contributed by atoms with Crippen LogP contribution in [0.3, 0.4) is 0 Å². The number of anilines is 3. The van der Waals surface area contributed by atoms with Crippen LogP contribution < -0.4 is 26.0 Å². The van der Waals surface area contributed by atoms with E-state index >= 15 is 0 Å². The number of hydrogen-bond donors (Lipinski definition) is 3. The fourth-order valence-corrected chi connectivity index (χ4v) is 4.40. The number of nitrogens with zero attached hydrogens (tertiary/aromatic N) is 5. The average Bonchev–Trinajstić information content (AvgIpc) is 3.27. The van der Waals surface area contributed by atoms with Gasteiger partial charge in [0, 0.05) is 19.7 Å². The van der Waals surface area contributed by atoms with Crippen LogP contribution in [0.1, 0.15) is 35.8 Å². The molecule has 2 unspecified atom stereocenters. The molecular weight excluding hydrogens is 501 g/mol. The van der Waals surface area contributed by atoms with Crippen LogP contribution in [0.15, 0.2) is 30.6 Å². The molecule has 4 N–H and O–H groups in total. The number of carbonyl (C=O) groups excluding carboxylic acids is 1. The lowest BCUT2D eigenvalue weighted by Crippen LogP contribution is -2.34. The molecule has 5 rings (SSSR count). The molecule has 1 aliphatic rings. The van der Waals surface area contributed by atoms with Gasteiger partial charge in [-0.15, -0.1) is 0 Å². The Hall–Kier alpha value is -4.55. The van der Waals surface area contributed by atoms with E-state index in [-0.39, 0.29) is 52.1 Å². The zero-order valence-electron chi connectivity index (χ0n) is 21.0. The Labute approximate surface area is 215 Å². The third-order valence-corrected chi connectivity index (χ3v) is 6.21. The molecule has 4 heterocycles. The summed E-state index contributed by atoms with van der Waals surface area (Å²) in [4.78, 5) is 23.0. The van der Waals surface area contributed by atoms with Gasteiger partial charge in [-0.25, -0.2) is 23.1 Å². The SMILES string of the molecule is CC1CNC(=O)c2cnn3c(N)c(-c4cc(F)c(N(C)C)c(F)c4)c(nc23)NC(C)c2cc(F)cnc2O1. The van der Waals surface area contributed by atoms with Crippen molar-refractivity contribution in [3.63, 3.8) is 0 Å². The van der Waals surface area contributed by atoms with E-state index in [1.165, 1.54) is 35.8 Å². The number of carbonyl (C=O) groups is 1. The molecule has 0 saturated heterocycles. The van der Waals surface area contributed by atoms with E-state index in [0.29, 0.717) is 5.56 Å². The third kappa shape index (κ3) is 4.29. The maximum absolute atomic E-state index is 15.0. The van der Waals surface area contributed by atoms with Crippen molar-refractivity contribution in [3.8, 4) is 17.0 Å². The molecule has 1 aromatic carbocycles. The van der Waals surface area contributed by atoms with Crippen LogP contribution in [0.2, 0.25) is 0 Å². The number of amides is 1. The maximum Gasteiger partial charge on any atom is 0.256 e. The van der Waals surface area contributed by atoms with Crippen LogP contribution in [0.4, 0.5) is 30.5 Å². The molecular formula is C25H25F3N8O2. The summed E-state index contributed by atoms with van der Waals surface area (Å²) >= 11 is 0. The number of hydrogen-bond acceptors (Lipinski definition) is 8. The molecule has 1 amide bonds. The molecule has 198 valence electrons. The number of rotatable bonds is 2. The topological polar surface area (TPSA) is 123 Å². The molecule has 0 radical (unpaired) electrons. The first-order valence-corrected chi connectivity index (χ1v) is 11.8. The van der Waals surface area contributed by atoms with Crippen molar-refractivity contribution in [1.29, 1.82) is 0 Å². The van der Waals surface area contributed by atoms with Gasteiger partial charge in [0.15, 0.2) is 5.65 Å². The maximum atomic E-state index is 15.0. The molecule has 0 spiro atoms. The molecule has 3 aromatic heterocycles. The number of benzene rings is 1. The Kier molecular flexibility index (Phi) is 6.21. The highest BCUT2D eigenvalue weighted by molar-refractivity contribution is 6.01. The highest BCUT2D eigenvalue weighted by atomic mass is 19.1. The fourth-order valence-electron chi connectivity index (χ4n) is 4.40. The van der Waals surface area contributed by atoms with Crippen molar-refractivity contribution >= 4 is 28.9 Å². The van der Waals surface area contributed by atoms with Gasteiger partial charge in [0.25, 0.3) is 5.91 Å². The Balaban J connectivity index is 1.76. The number of nitrogen functional groups attached to an aromatic ring is 1. The molecule has 0 fully saturated rings. The first-order valence-electron chi connectivity index (χ1n) is 11.8. The summed E-state index contributed by atoms with van der Waals surface area (Å²) in [5.74, 6) is -2.46. The van der Waals surface area contributed by atoms with E-state index in [0.717, 1.165) is 18.3 Å². The Morgan fingerprint density at radius 2 is 1.84 bits per heavy atom. The van der Waals surface area contributed by atoms with E-state index in [2.05, 4.69) is 25.7 Å². The van der Waals surface area contributed by atoms with Crippen molar-refractivity contribution in [1.82, 2.24) is 24.9 Å². The van der Waals surface area contributed by atoms with Crippen LogP contribution in [0, 0.1) is 17.5 Å². The predicted octanol–water partition coefficient (Wildman–Crippen LogP) is 3.54. The van der Waals surface area contributed by atoms with Crippen molar-refractivity contribution < 1.29 is 22.7 Å². The summed E-state index contributed by atoms with van der Waals surface area (Å²) in [6, 6.07) is 2.89. The van der Waals surface area contributed by atoms with Crippen LogP contribution in [-0.2, 0) is 0 Å².